The number of carbonyl (C=O) groups excluding carboxylic acids is 4. The minimum atomic E-state index is -5.00. The second kappa shape index (κ2) is 75.9. The highest BCUT2D eigenvalue weighted by Gasteiger charge is 2.30. The maximum atomic E-state index is 13.1. The lowest BCUT2D eigenvalue weighted by Crippen LogP contribution is -2.30. The van der Waals surface area contributed by atoms with Gasteiger partial charge in [-0.15, -0.1) is 0 Å². The Hall–Kier alpha value is -5.32. The summed E-state index contributed by atoms with van der Waals surface area (Å²) in [7, 11) is -9.99. The number of phosphoric ester groups is 2. The van der Waals surface area contributed by atoms with E-state index >= 15 is 0 Å². The van der Waals surface area contributed by atoms with Crippen LogP contribution in [0.2, 0.25) is 0 Å². The highest BCUT2D eigenvalue weighted by atomic mass is 31.2. The van der Waals surface area contributed by atoms with Crippen molar-refractivity contribution in [2.24, 2.45) is 0 Å². The SMILES string of the molecule is CC/C=C\C/C=C\C/C=C\C/C=C\CCCCCCCCC(=O)OCC(COP(=O)(O)OCC(O)COP(=O)(O)OCC(COC(=O)CCCCCCC/C=C\C/C=C\C/C=C\CC)OC(=O)CCCCCCC/C=C\C/C=C\CCC)OC(=O)CCCCCC/C=C\C/C=C\C/C=C\C/C=C\CC. The highest BCUT2D eigenvalue weighted by molar-refractivity contribution is 7.47. The van der Waals surface area contributed by atoms with Gasteiger partial charge in [0.25, 0.3) is 0 Å². The minimum absolute atomic E-state index is 0.0578. The van der Waals surface area contributed by atoms with E-state index in [4.69, 9.17) is 37.0 Å². The van der Waals surface area contributed by atoms with Crippen LogP contribution in [0, 0.1) is 0 Å². The van der Waals surface area contributed by atoms with E-state index in [-0.39, 0.29) is 25.7 Å². The molecule has 0 aliphatic rings. The molecule has 592 valence electrons. The predicted octanol–water partition coefficient (Wildman–Crippen LogP) is 23.2. The van der Waals surface area contributed by atoms with E-state index in [2.05, 4.69) is 186 Å². The van der Waals surface area contributed by atoms with Crippen LogP contribution < -0.4 is 0 Å². The largest absolute Gasteiger partial charge is 0.472 e. The van der Waals surface area contributed by atoms with E-state index < -0.39 is 97.5 Å². The van der Waals surface area contributed by atoms with Crippen LogP contribution in [-0.4, -0.2) is 96.7 Å². The van der Waals surface area contributed by atoms with Gasteiger partial charge in [0.05, 0.1) is 26.4 Å². The Kier molecular flexibility index (Phi) is 72.0. The lowest BCUT2D eigenvalue weighted by molar-refractivity contribution is -0.161. The number of carbonyl (C=O) groups is 4. The fourth-order valence-corrected chi connectivity index (χ4v) is 11.6. The number of phosphoric acid groups is 2. The summed E-state index contributed by atoms with van der Waals surface area (Å²) in [6.45, 7) is 4.39. The van der Waals surface area contributed by atoms with Crippen molar-refractivity contribution in [3.8, 4) is 0 Å². The summed E-state index contributed by atoms with van der Waals surface area (Å²) in [6, 6.07) is 0. The van der Waals surface area contributed by atoms with Crippen molar-refractivity contribution in [3.63, 3.8) is 0 Å². The van der Waals surface area contributed by atoms with Crippen LogP contribution in [0.5, 0.6) is 0 Å². The fraction of sp³-hybridized carbons (Fsp3) is 0.647. The van der Waals surface area contributed by atoms with E-state index in [1.807, 2.05) is 0 Å². The molecule has 0 amide bonds. The average Bonchev–Trinajstić information content (AvgIpc) is 0.911. The van der Waals surface area contributed by atoms with Crippen molar-refractivity contribution < 1.29 is 80.2 Å². The average molecular weight is 1500 g/mol. The molecule has 0 aliphatic heterocycles. The van der Waals surface area contributed by atoms with Crippen molar-refractivity contribution in [1.29, 1.82) is 0 Å². The second-order valence-electron chi connectivity index (χ2n) is 25.9. The van der Waals surface area contributed by atoms with Crippen molar-refractivity contribution in [3.05, 3.63) is 158 Å². The summed E-state index contributed by atoms with van der Waals surface area (Å²) in [5.74, 6) is -2.26. The highest BCUT2D eigenvalue weighted by Crippen LogP contribution is 2.45. The first-order valence-electron chi connectivity index (χ1n) is 39.7. The Morgan fingerprint density at radius 1 is 0.279 bits per heavy atom. The van der Waals surface area contributed by atoms with Crippen LogP contribution in [0.3, 0.4) is 0 Å². The molecule has 0 heterocycles. The molecule has 0 spiro atoms. The van der Waals surface area contributed by atoms with Crippen LogP contribution in [0.4, 0.5) is 0 Å². The molecule has 0 rings (SSSR count). The summed E-state index contributed by atoms with van der Waals surface area (Å²) >= 11 is 0. The van der Waals surface area contributed by atoms with E-state index in [1.54, 1.807) is 0 Å². The number of aliphatic hydroxyl groups excluding tert-OH is 1. The van der Waals surface area contributed by atoms with E-state index in [1.165, 1.54) is 0 Å². The number of aliphatic hydroxyl groups is 1. The zero-order chi connectivity index (χ0) is 76.0. The van der Waals surface area contributed by atoms with Crippen molar-refractivity contribution in [1.82, 2.24) is 0 Å². The van der Waals surface area contributed by atoms with E-state index in [0.29, 0.717) is 25.7 Å². The van der Waals surface area contributed by atoms with E-state index in [9.17, 15) is 43.2 Å². The molecule has 0 aromatic rings. The Bertz CT molecular complexity index is 2590. The molecule has 5 atom stereocenters. The molecular formula is C85H140O17P2. The molecule has 104 heavy (non-hydrogen) atoms. The summed E-state index contributed by atoms with van der Waals surface area (Å²) in [5, 5.41) is 10.6. The Labute approximate surface area is 629 Å². The number of rotatable bonds is 73. The number of esters is 4. The standard InChI is InChI=1S/C85H140O17P2/c1-5-9-13-17-21-25-29-33-36-38-39-41-43-47-50-54-58-62-66-70-83(88)96-76-81(102-85(90)72-68-64-60-56-52-48-44-40-37-34-30-26-22-18-14-10-6-2)78-100-104(93,94)98-74-79(86)73-97-103(91,92)99-77-80(101-84(89)71-67-63-59-55-51-45-32-28-24-20-16-12-8-4)75-95-82(87)69-65-61-57-53-49-46-42-35-31-27-23-19-15-11-7-3/h9-11,13-16,20-23,25-28,32-37,39,41-42,44,48,79-81,86H,5-8,12,17-19,24,29-31,38,40,43,45-47,49-78H2,1-4H3,(H,91,92)(H,93,94)/b13-9-,14-10-,15-11-,20-16-,25-21-,26-22-,27-23-,32-28-,36-33-,37-34-,41-39-,42-35-,48-44-. The summed E-state index contributed by atoms with van der Waals surface area (Å²) in [4.78, 5) is 73.0. The van der Waals surface area contributed by atoms with E-state index in [0.717, 1.165) is 218 Å². The molecule has 0 fully saturated rings. The van der Waals surface area contributed by atoms with Crippen LogP contribution in [0.1, 0.15) is 297 Å². The van der Waals surface area contributed by atoms with Crippen molar-refractivity contribution in [2.75, 3.05) is 39.6 Å². The maximum Gasteiger partial charge on any atom is 0.472 e. The van der Waals surface area contributed by atoms with Gasteiger partial charge in [0, 0.05) is 25.7 Å². The molecule has 0 aromatic heterocycles. The van der Waals surface area contributed by atoms with Gasteiger partial charge < -0.3 is 33.8 Å². The smallest absolute Gasteiger partial charge is 0.462 e. The van der Waals surface area contributed by atoms with Gasteiger partial charge in [-0.2, -0.15) is 0 Å². The van der Waals surface area contributed by atoms with Crippen LogP contribution in [-0.2, 0) is 65.4 Å². The first-order chi connectivity index (χ1) is 50.7. The third-order valence-electron chi connectivity index (χ3n) is 15.9. The van der Waals surface area contributed by atoms with Crippen LogP contribution in [0.25, 0.3) is 0 Å². The third-order valence-corrected chi connectivity index (χ3v) is 17.9. The quantitative estimate of drug-likeness (QED) is 0.0169. The molecule has 17 nitrogen and oxygen atoms in total. The van der Waals surface area contributed by atoms with Crippen molar-refractivity contribution in [2.45, 2.75) is 316 Å². The lowest BCUT2D eigenvalue weighted by atomic mass is 10.1. The van der Waals surface area contributed by atoms with Gasteiger partial charge in [-0.1, -0.05) is 269 Å². The number of hydrogen-bond donors (Lipinski definition) is 3. The Morgan fingerprint density at radius 2 is 0.500 bits per heavy atom. The molecule has 19 heteroatoms. The maximum absolute atomic E-state index is 13.1. The zero-order valence-electron chi connectivity index (χ0n) is 64.6. The molecule has 0 aliphatic carbocycles. The molecule has 0 saturated carbocycles. The van der Waals surface area contributed by atoms with Gasteiger partial charge in [0.1, 0.15) is 19.3 Å². The number of hydrogen-bond acceptors (Lipinski definition) is 15. The number of ether oxygens (including phenoxy) is 4. The lowest BCUT2D eigenvalue weighted by Gasteiger charge is -2.21. The summed E-state index contributed by atoms with van der Waals surface area (Å²) in [5.41, 5.74) is 0. The molecule has 5 unspecified atom stereocenters. The summed E-state index contributed by atoms with van der Waals surface area (Å²) < 4.78 is 68.6. The molecule has 0 saturated heterocycles. The van der Waals surface area contributed by atoms with Crippen LogP contribution >= 0.6 is 15.6 Å². The van der Waals surface area contributed by atoms with Gasteiger partial charge in [0.2, 0.25) is 0 Å². The van der Waals surface area contributed by atoms with Gasteiger partial charge in [-0.3, -0.25) is 37.3 Å². The zero-order valence-corrected chi connectivity index (χ0v) is 66.4. The Balaban J connectivity index is 5.42. The monoisotopic (exact) mass is 1490 g/mol. The van der Waals surface area contributed by atoms with Crippen LogP contribution in [0.15, 0.2) is 158 Å². The first-order valence-corrected chi connectivity index (χ1v) is 42.7. The topological polar surface area (TPSA) is 237 Å². The molecular weight excluding hydrogens is 1350 g/mol. The molecule has 0 radical (unpaired) electrons. The van der Waals surface area contributed by atoms with Gasteiger partial charge in [0.15, 0.2) is 12.2 Å². The second-order valence-corrected chi connectivity index (χ2v) is 28.8. The molecule has 0 aromatic carbocycles. The predicted molar refractivity (Wildman–Crippen MR) is 427 cm³/mol. The first kappa shape index (κ1) is 98.7. The number of unbranched alkanes of at least 4 members (excludes halogenated alkanes) is 21. The van der Waals surface area contributed by atoms with Crippen molar-refractivity contribution >= 4 is 39.5 Å². The minimum Gasteiger partial charge on any atom is -0.462 e. The summed E-state index contributed by atoms with van der Waals surface area (Å²) in [6.07, 6.45) is 87.9. The van der Waals surface area contributed by atoms with Gasteiger partial charge in [-0.05, 0) is 161 Å². The Morgan fingerprint density at radius 3 is 0.769 bits per heavy atom. The molecule has 3 N–H and O–H groups in total. The fourth-order valence-electron chi connectivity index (χ4n) is 10.0. The third kappa shape index (κ3) is 74.9. The van der Waals surface area contributed by atoms with Gasteiger partial charge in [-0.25, -0.2) is 9.13 Å². The normalized spacial score (nSPS) is 14.7. The van der Waals surface area contributed by atoms with Gasteiger partial charge >= 0.3 is 39.5 Å². The number of allylic oxidation sites excluding steroid dienone is 26. The molecule has 0 bridgehead atoms.